The third kappa shape index (κ3) is 5.25. The van der Waals surface area contributed by atoms with E-state index in [1.54, 1.807) is 13.1 Å². The van der Waals surface area contributed by atoms with Crippen molar-refractivity contribution in [1.29, 1.82) is 5.26 Å². The zero-order valence-electron chi connectivity index (χ0n) is 18.5. The molecule has 0 radical (unpaired) electrons. The van der Waals surface area contributed by atoms with Gasteiger partial charge in [0.15, 0.2) is 5.58 Å². The quantitative estimate of drug-likeness (QED) is 0.531. The molecule has 8 nitrogen and oxygen atoms in total. The highest BCUT2D eigenvalue weighted by molar-refractivity contribution is 5.81. The molecule has 32 heavy (non-hydrogen) atoms. The van der Waals surface area contributed by atoms with E-state index < -0.39 is 23.8 Å². The Bertz CT molecular complexity index is 1170. The number of benzene rings is 2. The molecule has 2 aromatic carbocycles. The molecule has 3 rings (SSSR count). The number of fused-ring (bicyclic) bond motifs is 1. The van der Waals surface area contributed by atoms with Crippen molar-refractivity contribution in [3.63, 3.8) is 0 Å². The molecule has 0 spiro atoms. The van der Waals surface area contributed by atoms with E-state index in [-0.39, 0.29) is 6.54 Å². The average molecular weight is 437 g/mol. The number of aromatic nitrogens is 1. The van der Waals surface area contributed by atoms with E-state index in [1.165, 1.54) is 4.57 Å². The molecule has 168 valence electrons. The number of amides is 1. The number of hydrogen-bond acceptors (Lipinski definition) is 6. The zero-order valence-corrected chi connectivity index (χ0v) is 18.5. The Balaban J connectivity index is 1.66. The molecule has 1 heterocycles. The Hall–Kier alpha value is -3.41. The Labute approximate surface area is 186 Å². The number of rotatable bonds is 9. The SMILES string of the molecule is CCN(CC)C[C@H](O)C(=O)N[C@H](C#N)Cc1ccc(-c2ccc3oc(=O)n(C)c3c2)cc1. The number of aliphatic hydroxyl groups is 1. The molecule has 0 aliphatic carbocycles. The summed E-state index contributed by atoms with van der Waals surface area (Å²) in [6.45, 7) is 5.63. The Morgan fingerprint density at radius 1 is 1.19 bits per heavy atom. The van der Waals surface area contributed by atoms with Gasteiger partial charge in [0.1, 0.15) is 12.1 Å². The summed E-state index contributed by atoms with van der Waals surface area (Å²) in [6, 6.07) is 14.6. The maximum atomic E-state index is 12.3. The molecule has 0 fully saturated rings. The van der Waals surface area contributed by atoms with Crippen LogP contribution in [-0.2, 0) is 18.3 Å². The third-order valence-corrected chi connectivity index (χ3v) is 5.62. The summed E-state index contributed by atoms with van der Waals surface area (Å²) in [4.78, 5) is 25.9. The highest BCUT2D eigenvalue weighted by atomic mass is 16.4. The van der Waals surface area contributed by atoms with Crippen molar-refractivity contribution in [1.82, 2.24) is 14.8 Å². The first-order chi connectivity index (χ1) is 15.4. The third-order valence-electron chi connectivity index (χ3n) is 5.62. The van der Waals surface area contributed by atoms with E-state index in [1.807, 2.05) is 55.1 Å². The second-order valence-corrected chi connectivity index (χ2v) is 7.70. The number of carbonyl (C=O) groups excluding carboxylic acids is 1. The van der Waals surface area contributed by atoms with E-state index in [9.17, 15) is 20.0 Å². The van der Waals surface area contributed by atoms with Crippen LogP contribution in [0.5, 0.6) is 0 Å². The van der Waals surface area contributed by atoms with Crippen LogP contribution >= 0.6 is 0 Å². The molecule has 0 saturated heterocycles. The van der Waals surface area contributed by atoms with Gasteiger partial charge in [-0.2, -0.15) is 5.26 Å². The molecule has 3 aromatic rings. The van der Waals surface area contributed by atoms with Crippen LogP contribution in [0.4, 0.5) is 0 Å². The van der Waals surface area contributed by atoms with Crippen LogP contribution in [0.15, 0.2) is 51.7 Å². The summed E-state index contributed by atoms with van der Waals surface area (Å²) < 4.78 is 6.63. The second kappa shape index (κ2) is 10.3. The summed E-state index contributed by atoms with van der Waals surface area (Å²) in [5.41, 5.74) is 4.03. The second-order valence-electron chi connectivity index (χ2n) is 7.70. The van der Waals surface area contributed by atoms with Crippen molar-refractivity contribution in [2.45, 2.75) is 32.4 Å². The number of aryl methyl sites for hydroxylation is 1. The van der Waals surface area contributed by atoms with Gasteiger partial charge in [0.05, 0.1) is 11.6 Å². The molecule has 1 aromatic heterocycles. The topological polar surface area (TPSA) is 112 Å². The number of carbonyl (C=O) groups is 1. The number of aliphatic hydroxyl groups excluding tert-OH is 1. The highest BCUT2D eigenvalue weighted by Crippen LogP contribution is 2.24. The van der Waals surface area contributed by atoms with Gasteiger partial charge in [-0.05, 0) is 41.9 Å². The van der Waals surface area contributed by atoms with Crippen molar-refractivity contribution >= 4 is 17.0 Å². The first-order valence-corrected chi connectivity index (χ1v) is 10.7. The van der Waals surface area contributed by atoms with Gasteiger partial charge in [-0.15, -0.1) is 0 Å². The van der Waals surface area contributed by atoms with Crippen LogP contribution in [0, 0.1) is 11.3 Å². The monoisotopic (exact) mass is 436 g/mol. The Kier molecular flexibility index (Phi) is 7.46. The standard InChI is InChI=1S/C24H28N4O4/c1-4-28(5-2)15-21(29)23(30)26-19(14-25)12-16-6-8-17(9-7-16)18-10-11-22-20(13-18)27(3)24(31)32-22/h6-11,13,19,21,29H,4-5,12,15H2,1-3H3,(H,26,30)/t19-,21-/m0/s1. The molecule has 2 atom stereocenters. The van der Waals surface area contributed by atoms with Gasteiger partial charge in [-0.1, -0.05) is 44.2 Å². The Morgan fingerprint density at radius 3 is 2.47 bits per heavy atom. The van der Waals surface area contributed by atoms with Crippen molar-refractivity contribution in [3.8, 4) is 17.2 Å². The minimum Gasteiger partial charge on any atom is -0.408 e. The first kappa shape index (κ1) is 23.3. The van der Waals surface area contributed by atoms with Gasteiger partial charge in [-0.3, -0.25) is 9.36 Å². The molecule has 0 unspecified atom stereocenters. The molecular weight excluding hydrogens is 408 g/mol. The average Bonchev–Trinajstić information content (AvgIpc) is 3.10. The molecule has 1 amide bonds. The van der Waals surface area contributed by atoms with Crippen LogP contribution < -0.4 is 11.1 Å². The summed E-state index contributed by atoms with van der Waals surface area (Å²) in [7, 11) is 1.66. The maximum absolute atomic E-state index is 12.3. The molecule has 0 saturated carbocycles. The molecule has 0 aliphatic rings. The molecular formula is C24H28N4O4. The van der Waals surface area contributed by atoms with Crippen molar-refractivity contribution in [2.75, 3.05) is 19.6 Å². The normalized spacial score (nSPS) is 13.1. The van der Waals surface area contributed by atoms with Crippen LogP contribution in [0.3, 0.4) is 0 Å². The van der Waals surface area contributed by atoms with Crippen molar-refractivity contribution < 1.29 is 14.3 Å². The number of nitriles is 1. The molecule has 8 heteroatoms. The van der Waals surface area contributed by atoms with Gasteiger partial charge >= 0.3 is 5.76 Å². The van der Waals surface area contributed by atoms with Gasteiger partial charge in [0, 0.05) is 20.0 Å². The molecule has 0 bridgehead atoms. The summed E-state index contributed by atoms with van der Waals surface area (Å²) in [5.74, 6) is -0.946. The summed E-state index contributed by atoms with van der Waals surface area (Å²) in [6.07, 6.45) is -0.850. The van der Waals surface area contributed by atoms with E-state index >= 15 is 0 Å². The lowest BCUT2D eigenvalue weighted by molar-refractivity contribution is -0.130. The van der Waals surface area contributed by atoms with Crippen molar-refractivity contribution in [3.05, 3.63) is 58.6 Å². The zero-order chi connectivity index (χ0) is 23.3. The van der Waals surface area contributed by atoms with Gasteiger partial charge < -0.3 is 19.7 Å². The Morgan fingerprint density at radius 2 is 1.84 bits per heavy atom. The lowest BCUT2D eigenvalue weighted by atomic mass is 10.0. The fourth-order valence-corrected chi connectivity index (χ4v) is 3.58. The minimum atomic E-state index is -1.18. The van der Waals surface area contributed by atoms with E-state index in [2.05, 4.69) is 11.4 Å². The number of oxazole rings is 1. The number of hydrogen-bond donors (Lipinski definition) is 2. The van der Waals surface area contributed by atoms with Crippen LogP contribution in [0.1, 0.15) is 19.4 Å². The van der Waals surface area contributed by atoms with Crippen LogP contribution in [0.2, 0.25) is 0 Å². The highest BCUT2D eigenvalue weighted by Gasteiger charge is 2.21. The molecule has 0 aliphatic heterocycles. The van der Waals surface area contributed by atoms with E-state index in [0.717, 1.165) is 29.8 Å². The fourth-order valence-electron chi connectivity index (χ4n) is 3.58. The number of nitrogens with one attached hydrogen (secondary N) is 1. The van der Waals surface area contributed by atoms with Crippen LogP contribution in [-0.4, -0.2) is 52.3 Å². The van der Waals surface area contributed by atoms with Gasteiger partial charge in [0.25, 0.3) is 5.91 Å². The van der Waals surface area contributed by atoms with Crippen LogP contribution in [0.25, 0.3) is 22.2 Å². The smallest absolute Gasteiger partial charge is 0.408 e. The summed E-state index contributed by atoms with van der Waals surface area (Å²) in [5, 5.41) is 22.2. The first-order valence-electron chi connectivity index (χ1n) is 10.7. The van der Waals surface area contributed by atoms with Crippen molar-refractivity contribution in [2.24, 2.45) is 7.05 Å². The lowest BCUT2D eigenvalue weighted by Gasteiger charge is -2.22. The van der Waals surface area contributed by atoms with Gasteiger partial charge in [0.2, 0.25) is 0 Å². The van der Waals surface area contributed by atoms with E-state index in [0.29, 0.717) is 17.5 Å². The number of nitrogens with zero attached hydrogens (tertiary/aromatic N) is 3. The van der Waals surface area contributed by atoms with E-state index in [4.69, 9.17) is 4.42 Å². The number of likely N-dealkylation sites (N-methyl/N-ethyl adjacent to an activating group) is 1. The largest absolute Gasteiger partial charge is 0.419 e. The molecule has 2 N–H and O–H groups in total. The lowest BCUT2D eigenvalue weighted by Crippen LogP contribution is -2.46. The fraction of sp³-hybridized carbons (Fsp3) is 0.375. The maximum Gasteiger partial charge on any atom is 0.419 e. The minimum absolute atomic E-state index is 0.234. The predicted molar refractivity (Wildman–Crippen MR) is 122 cm³/mol. The van der Waals surface area contributed by atoms with Gasteiger partial charge in [-0.25, -0.2) is 4.79 Å². The predicted octanol–water partition coefficient (Wildman–Crippen LogP) is 2.05. The summed E-state index contributed by atoms with van der Waals surface area (Å²) >= 11 is 0.